The van der Waals surface area contributed by atoms with Crippen LogP contribution in [0, 0.1) is 11.3 Å². The van der Waals surface area contributed by atoms with Crippen LogP contribution >= 0.6 is 0 Å². The van der Waals surface area contributed by atoms with Gasteiger partial charge >= 0.3 is 0 Å². The number of aromatic nitrogens is 3. The molecule has 0 N–H and O–H groups in total. The zero-order valence-electron chi connectivity index (χ0n) is 9.05. The fraction of sp³-hybridized carbons (Fsp3) is 0.364. The second-order valence-electron chi connectivity index (χ2n) is 3.47. The lowest BCUT2D eigenvalue weighted by Crippen LogP contribution is -1.98. The van der Waals surface area contributed by atoms with Gasteiger partial charge in [-0.25, -0.2) is 0 Å². The van der Waals surface area contributed by atoms with Crippen molar-refractivity contribution in [3.63, 3.8) is 0 Å². The highest BCUT2D eigenvalue weighted by molar-refractivity contribution is 5.42. The van der Waals surface area contributed by atoms with Crippen LogP contribution < -0.4 is 0 Å². The highest BCUT2D eigenvalue weighted by Gasteiger charge is 2.05. The molecule has 2 rings (SSSR count). The van der Waals surface area contributed by atoms with Gasteiger partial charge in [-0.15, -0.1) is 10.2 Å². The van der Waals surface area contributed by atoms with Gasteiger partial charge in [-0.1, -0.05) is 0 Å². The molecule has 5 nitrogen and oxygen atoms in total. The van der Waals surface area contributed by atoms with Crippen molar-refractivity contribution in [3.8, 4) is 6.07 Å². The number of nitrogens with zero attached hydrogens (tertiary/aromatic N) is 4. The second-order valence-corrected chi connectivity index (χ2v) is 3.47. The van der Waals surface area contributed by atoms with Crippen LogP contribution in [0.3, 0.4) is 0 Å². The molecule has 2 heterocycles. The summed E-state index contributed by atoms with van der Waals surface area (Å²) in [6.45, 7) is 0.701. The summed E-state index contributed by atoms with van der Waals surface area (Å²) in [5.41, 5.74) is 1.38. The van der Waals surface area contributed by atoms with E-state index in [0.29, 0.717) is 12.2 Å². The number of fused-ring (bicyclic) bond motifs is 1. The van der Waals surface area contributed by atoms with Gasteiger partial charge in [0.1, 0.15) is 11.9 Å². The minimum Gasteiger partial charge on any atom is -0.385 e. The fourth-order valence-corrected chi connectivity index (χ4v) is 1.55. The fourth-order valence-electron chi connectivity index (χ4n) is 1.55. The molecule has 0 saturated heterocycles. The number of pyridine rings is 1. The Balaban J connectivity index is 2.28. The average Bonchev–Trinajstić information content (AvgIpc) is 2.72. The van der Waals surface area contributed by atoms with Crippen molar-refractivity contribution in [2.45, 2.75) is 12.8 Å². The molecule has 0 atom stereocenters. The van der Waals surface area contributed by atoms with Crippen LogP contribution in [-0.2, 0) is 11.2 Å². The van der Waals surface area contributed by atoms with Crippen molar-refractivity contribution in [1.29, 1.82) is 5.26 Å². The lowest BCUT2D eigenvalue weighted by Gasteiger charge is -1.99. The summed E-state index contributed by atoms with van der Waals surface area (Å²) in [6, 6.07) is 5.64. The molecule has 0 radical (unpaired) electrons. The maximum absolute atomic E-state index is 8.82. The SMILES string of the molecule is COCCCc1nnc2ccc(C#N)cn12. The largest absolute Gasteiger partial charge is 0.385 e. The molecule has 5 heteroatoms. The molecule has 0 unspecified atom stereocenters. The van der Waals surface area contributed by atoms with Crippen molar-refractivity contribution in [2.75, 3.05) is 13.7 Å². The topological polar surface area (TPSA) is 63.2 Å². The van der Waals surface area contributed by atoms with Gasteiger partial charge in [-0.2, -0.15) is 5.26 Å². The predicted octanol–water partition coefficient (Wildman–Crippen LogP) is 1.18. The van der Waals surface area contributed by atoms with E-state index in [1.54, 1.807) is 25.4 Å². The minimum atomic E-state index is 0.611. The molecule has 0 aliphatic carbocycles. The number of methoxy groups -OCH3 is 1. The number of hydrogen-bond acceptors (Lipinski definition) is 4. The maximum Gasteiger partial charge on any atom is 0.160 e. The Labute approximate surface area is 93.3 Å². The summed E-state index contributed by atoms with van der Waals surface area (Å²) in [4.78, 5) is 0. The van der Waals surface area contributed by atoms with Gasteiger partial charge in [0.15, 0.2) is 5.65 Å². The zero-order chi connectivity index (χ0) is 11.4. The van der Waals surface area contributed by atoms with E-state index in [-0.39, 0.29) is 0 Å². The summed E-state index contributed by atoms with van der Waals surface area (Å²) in [6.07, 6.45) is 3.45. The Kier molecular flexibility index (Phi) is 3.13. The highest BCUT2D eigenvalue weighted by Crippen LogP contribution is 2.07. The number of rotatable bonds is 4. The van der Waals surface area contributed by atoms with Crippen molar-refractivity contribution in [1.82, 2.24) is 14.6 Å². The Hall–Kier alpha value is -1.93. The molecular weight excluding hydrogens is 204 g/mol. The summed E-state index contributed by atoms with van der Waals surface area (Å²) in [5.74, 6) is 0.865. The van der Waals surface area contributed by atoms with Crippen LogP contribution in [0.25, 0.3) is 5.65 Å². The van der Waals surface area contributed by atoms with E-state index in [2.05, 4.69) is 16.3 Å². The Morgan fingerprint density at radius 2 is 2.31 bits per heavy atom. The average molecular weight is 216 g/mol. The molecule has 2 aromatic rings. The normalized spacial score (nSPS) is 10.5. The van der Waals surface area contributed by atoms with Crippen LogP contribution in [0.15, 0.2) is 18.3 Å². The molecule has 2 aromatic heterocycles. The van der Waals surface area contributed by atoms with E-state index in [9.17, 15) is 0 Å². The number of nitriles is 1. The summed E-state index contributed by atoms with van der Waals surface area (Å²) in [7, 11) is 1.68. The monoisotopic (exact) mass is 216 g/mol. The van der Waals surface area contributed by atoms with Gasteiger partial charge < -0.3 is 4.74 Å². The van der Waals surface area contributed by atoms with Gasteiger partial charge in [0.25, 0.3) is 0 Å². The zero-order valence-corrected chi connectivity index (χ0v) is 9.05. The number of hydrogen-bond donors (Lipinski definition) is 0. The van der Waals surface area contributed by atoms with Crippen molar-refractivity contribution >= 4 is 5.65 Å². The Morgan fingerprint density at radius 1 is 1.44 bits per heavy atom. The number of aryl methyl sites for hydroxylation is 1. The van der Waals surface area contributed by atoms with Crippen molar-refractivity contribution in [2.24, 2.45) is 0 Å². The first-order valence-electron chi connectivity index (χ1n) is 5.08. The van der Waals surface area contributed by atoms with Crippen LogP contribution in [0.5, 0.6) is 0 Å². The van der Waals surface area contributed by atoms with Gasteiger partial charge in [-0.3, -0.25) is 4.40 Å². The number of ether oxygens (including phenoxy) is 1. The predicted molar refractivity (Wildman–Crippen MR) is 57.9 cm³/mol. The molecule has 16 heavy (non-hydrogen) atoms. The van der Waals surface area contributed by atoms with Crippen LogP contribution in [0.1, 0.15) is 17.8 Å². The third-order valence-electron chi connectivity index (χ3n) is 2.35. The molecule has 0 aliphatic rings. The Bertz CT molecular complexity index is 526. The van der Waals surface area contributed by atoms with Gasteiger partial charge in [-0.05, 0) is 18.6 Å². The summed E-state index contributed by atoms with van der Waals surface area (Å²) >= 11 is 0. The molecule has 0 spiro atoms. The van der Waals surface area contributed by atoms with E-state index in [4.69, 9.17) is 10.00 Å². The second kappa shape index (κ2) is 4.73. The standard InChI is InChI=1S/C11H12N4O/c1-16-6-2-3-10-13-14-11-5-4-9(7-12)8-15(10)11/h4-5,8H,2-3,6H2,1H3. The first-order chi connectivity index (χ1) is 7.85. The molecule has 82 valence electrons. The van der Waals surface area contributed by atoms with Crippen molar-refractivity contribution < 1.29 is 4.74 Å². The molecule has 0 aromatic carbocycles. The summed E-state index contributed by atoms with van der Waals surface area (Å²) in [5, 5.41) is 16.9. The first kappa shape index (κ1) is 10.6. The van der Waals surface area contributed by atoms with Crippen LogP contribution in [0.2, 0.25) is 0 Å². The quantitative estimate of drug-likeness (QED) is 0.720. The maximum atomic E-state index is 8.82. The smallest absolute Gasteiger partial charge is 0.160 e. The third-order valence-corrected chi connectivity index (χ3v) is 2.35. The Morgan fingerprint density at radius 3 is 3.06 bits per heavy atom. The van der Waals surface area contributed by atoms with E-state index >= 15 is 0 Å². The highest BCUT2D eigenvalue weighted by atomic mass is 16.5. The van der Waals surface area contributed by atoms with Gasteiger partial charge in [0.2, 0.25) is 0 Å². The molecule has 0 aliphatic heterocycles. The lowest BCUT2D eigenvalue weighted by molar-refractivity contribution is 0.194. The van der Waals surface area contributed by atoms with Crippen LogP contribution in [0.4, 0.5) is 0 Å². The third kappa shape index (κ3) is 2.02. The summed E-state index contributed by atoms with van der Waals surface area (Å²) < 4.78 is 6.84. The first-order valence-corrected chi connectivity index (χ1v) is 5.08. The van der Waals surface area contributed by atoms with Crippen molar-refractivity contribution in [3.05, 3.63) is 29.7 Å². The van der Waals surface area contributed by atoms with E-state index in [1.165, 1.54) is 0 Å². The molecule has 0 saturated carbocycles. The van der Waals surface area contributed by atoms with E-state index < -0.39 is 0 Å². The van der Waals surface area contributed by atoms with Crippen LogP contribution in [-0.4, -0.2) is 28.3 Å². The molecule has 0 amide bonds. The lowest BCUT2D eigenvalue weighted by atomic mass is 10.3. The van der Waals surface area contributed by atoms with E-state index in [0.717, 1.165) is 24.3 Å². The molecule has 0 bridgehead atoms. The van der Waals surface area contributed by atoms with Gasteiger partial charge in [0.05, 0.1) is 5.56 Å². The minimum absolute atomic E-state index is 0.611. The molecular formula is C11H12N4O. The molecule has 0 fully saturated rings. The van der Waals surface area contributed by atoms with Gasteiger partial charge in [0, 0.05) is 26.3 Å². The van der Waals surface area contributed by atoms with E-state index in [1.807, 2.05) is 4.40 Å².